The molecular formula is C12H22ClN3S. The number of halogens is 1. The number of likely N-dealkylation sites (N-methyl/N-ethyl adjacent to an activating group) is 1. The normalized spacial score (nSPS) is 21.2. The van der Waals surface area contributed by atoms with Crippen LogP contribution in [-0.2, 0) is 6.54 Å². The Balaban J connectivity index is 0.00000144. The maximum atomic E-state index is 4.49. The van der Waals surface area contributed by atoms with Gasteiger partial charge in [0, 0.05) is 24.0 Å². The minimum absolute atomic E-state index is 0. The summed E-state index contributed by atoms with van der Waals surface area (Å²) in [6, 6.07) is 0.670. The molecule has 1 aromatic heterocycles. The first kappa shape index (κ1) is 14.9. The molecule has 1 aliphatic rings. The minimum atomic E-state index is 0. The van der Waals surface area contributed by atoms with E-state index < -0.39 is 0 Å². The number of likely N-dealkylation sites (tertiary alicyclic amines) is 1. The van der Waals surface area contributed by atoms with E-state index in [-0.39, 0.29) is 12.4 Å². The van der Waals surface area contributed by atoms with E-state index in [0.29, 0.717) is 6.04 Å². The fourth-order valence-corrected chi connectivity index (χ4v) is 3.34. The molecular weight excluding hydrogens is 254 g/mol. The summed E-state index contributed by atoms with van der Waals surface area (Å²) in [7, 11) is 2.07. The highest BCUT2D eigenvalue weighted by Crippen LogP contribution is 2.21. The predicted octanol–water partition coefficient (Wildman–Crippen LogP) is 2.37. The second-order valence-electron chi connectivity index (χ2n) is 4.60. The molecule has 1 fully saturated rings. The summed E-state index contributed by atoms with van der Waals surface area (Å²) >= 11 is 1.84. The maximum Gasteiger partial charge on any atom is 0.0900 e. The van der Waals surface area contributed by atoms with Gasteiger partial charge in [0.1, 0.15) is 0 Å². The third-order valence-electron chi connectivity index (χ3n) is 3.28. The van der Waals surface area contributed by atoms with Gasteiger partial charge in [0.05, 0.1) is 10.7 Å². The Kier molecular flexibility index (Phi) is 5.86. The van der Waals surface area contributed by atoms with Gasteiger partial charge in [-0.15, -0.1) is 23.7 Å². The molecule has 1 atom stereocenters. The Labute approximate surface area is 114 Å². The molecule has 0 amide bonds. The lowest BCUT2D eigenvalue weighted by molar-refractivity contribution is 0.189. The van der Waals surface area contributed by atoms with Crippen molar-refractivity contribution in [1.29, 1.82) is 0 Å². The van der Waals surface area contributed by atoms with Gasteiger partial charge < -0.3 is 5.32 Å². The molecule has 3 nitrogen and oxygen atoms in total. The van der Waals surface area contributed by atoms with Crippen LogP contribution in [0.5, 0.6) is 0 Å². The van der Waals surface area contributed by atoms with Crippen LogP contribution in [0.2, 0.25) is 0 Å². The number of hydrogen-bond acceptors (Lipinski definition) is 4. The van der Waals surface area contributed by atoms with Crippen molar-refractivity contribution in [2.45, 2.75) is 39.3 Å². The molecule has 0 aromatic carbocycles. The smallest absolute Gasteiger partial charge is 0.0900 e. The Morgan fingerprint density at radius 2 is 2.24 bits per heavy atom. The van der Waals surface area contributed by atoms with Crippen molar-refractivity contribution in [2.75, 3.05) is 20.1 Å². The van der Waals surface area contributed by atoms with Gasteiger partial charge >= 0.3 is 0 Å². The topological polar surface area (TPSA) is 28.2 Å². The average Bonchev–Trinajstić information content (AvgIpc) is 2.58. The zero-order valence-electron chi connectivity index (χ0n) is 10.8. The van der Waals surface area contributed by atoms with E-state index in [2.05, 4.69) is 36.1 Å². The maximum absolute atomic E-state index is 4.49. The number of rotatable bonds is 3. The molecule has 0 aliphatic carbocycles. The monoisotopic (exact) mass is 275 g/mol. The lowest BCUT2D eigenvalue weighted by Crippen LogP contribution is -2.43. The van der Waals surface area contributed by atoms with E-state index in [4.69, 9.17) is 0 Å². The summed E-state index contributed by atoms with van der Waals surface area (Å²) < 4.78 is 0. The van der Waals surface area contributed by atoms with Crippen LogP contribution in [0.25, 0.3) is 0 Å². The van der Waals surface area contributed by atoms with Crippen molar-refractivity contribution in [3.05, 3.63) is 15.6 Å². The summed E-state index contributed by atoms with van der Waals surface area (Å²) in [5, 5.41) is 4.58. The van der Waals surface area contributed by atoms with Crippen LogP contribution in [-0.4, -0.2) is 36.1 Å². The second-order valence-corrected chi connectivity index (χ2v) is 5.89. The molecule has 1 unspecified atom stereocenters. The van der Waals surface area contributed by atoms with Crippen LogP contribution in [0.15, 0.2) is 0 Å². The van der Waals surface area contributed by atoms with Gasteiger partial charge in [-0.05, 0) is 40.3 Å². The number of piperidine rings is 1. The SMILES string of the molecule is CNC1CCCN(Cc2sc(C)nc2C)C1.Cl. The van der Waals surface area contributed by atoms with Crippen molar-refractivity contribution in [3.63, 3.8) is 0 Å². The van der Waals surface area contributed by atoms with Gasteiger partial charge in [-0.1, -0.05) is 0 Å². The third kappa shape index (κ3) is 3.91. The van der Waals surface area contributed by atoms with Gasteiger partial charge in [0.25, 0.3) is 0 Å². The fourth-order valence-electron chi connectivity index (χ4n) is 2.36. The molecule has 0 saturated carbocycles. The summed E-state index contributed by atoms with van der Waals surface area (Å²) in [5.41, 5.74) is 1.22. The quantitative estimate of drug-likeness (QED) is 0.918. The van der Waals surface area contributed by atoms with Crippen molar-refractivity contribution in [3.8, 4) is 0 Å². The molecule has 0 radical (unpaired) electrons. The Morgan fingerprint density at radius 1 is 1.47 bits per heavy atom. The minimum Gasteiger partial charge on any atom is -0.316 e. The first-order valence-electron chi connectivity index (χ1n) is 6.01. The van der Waals surface area contributed by atoms with Gasteiger partial charge in [0.15, 0.2) is 0 Å². The fraction of sp³-hybridized carbons (Fsp3) is 0.750. The van der Waals surface area contributed by atoms with Crippen molar-refractivity contribution < 1.29 is 0 Å². The standard InChI is InChI=1S/C12H21N3S.ClH/c1-9-12(16-10(2)14-9)8-15-6-4-5-11(7-15)13-3;/h11,13H,4-8H2,1-3H3;1H. The molecule has 1 N–H and O–H groups in total. The molecule has 2 rings (SSSR count). The highest BCUT2D eigenvalue weighted by atomic mass is 35.5. The summed E-state index contributed by atoms with van der Waals surface area (Å²) in [6.45, 7) is 7.70. The Bertz CT molecular complexity index is 354. The average molecular weight is 276 g/mol. The van der Waals surface area contributed by atoms with Crippen LogP contribution in [0.4, 0.5) is 0 Å². The number of hydrogen-bond donors (Lipinski definition) is 1. The van der Waals surface area contributed by atoms with E-state index in [0.717, 1.165) is 6.54 Å². The molecule has 1 aromatic rings. The second kappa shape index (κ2) is 6.69. The Morgan fingerprint density at radius 3 is 2.82 bits per heavy atom. The first-order chi connectivity index (χ1) is 7.69. The Hall–Kier alpha value is -0.160. The zero-order valence-corrected chi connectivity index (χ0v) is 12.5. The van der Waals surface area contributed by atoms with Crippen LogP contribution in [0, 0.1) is 13.8 Å². The van der Waals surface area contributed by atoms with E-state index in [9.17, 15) is 0 Å². The van der Waals surface area contributed by atoms with E-state index in [1.165, 1.54) is 41.5 Å². The molecule has 1 aliphatic heterocycles. The van der Waals surface area contributed by atoms with E-state index in [1.54, 1.807) is 0 Å². The predicted molar refractivity (Wildman–Crippen MR) is 76.2 cm³/mol. The van der Waals surface area contributed by atoms with Gasteiger partial charge in [0.2, 0.25) is 0 Å². The van der Waals surface area contributed by atoms with Crippen LogP contribution in [0.3, 0.4) is 0 Å². The largest absolute Gasteiger partial charge is 0.316 e. The van der Waals surface area contributed by atoms with Crippen LogP contribution < -0.4 is 5.32 Å². The summed E-state index contributed by atoms with van der Waals surface area (Å²) in [5.74, 6) is 0. The lowest BCUT2D eigenvalue weighted by atomic mass is 10.1. The molecule has 1 saturated heterocycles. The zero-order chi connectivity index (χ0) is 11.5. The molecule has 5 heteroatoms. The summed E-state index contributed by atoms with van der Waals surface area (Å²) in [6.07, 6.45) is 2.62. The van der Waals surface area contributed by atoms with Crippen LogP contribution in [0.1, 0.15) is 28.4 Å². The highest BCUT2D eigenvalue weighted by Gasteiger charge is 2.19. The molecule has 0 spiro atoms. The van der Waals surface area contributed by atoms with Crippen molar-refractivity contribution in [1.82, 2.24) is 15.2 Å². The number of aromatic nitrogens is 1. The van der Waals surface area contributed by atoms with Crippen molar-refractivity contribution >= 4 is 23.7 Å². The third-order valence-corrected chi connectivity index (χ3v) is 4.34. The summed E-state index contributed by atoms with van der Waals surface area (Å²) in [4.78, 5) is 8.48. The van der Waals surface area contributed by atoms with E-state index >= 15 is 0 Å². The molecule has 17 heavy (non-hydrogen) atoms. The number of nitrogens with zero attached hydrogens (tertiary/aromatic N) is 2. The van der Waals surface area contributed by atoms with Crippen molar-refractivity contribution in [2.24, 2.45) is 0 Å². The number of nitrogens with one attached hydrogen (secondary N) is 1. The molecule has 2 heterocycles. The van der Waals surface area contributed by atoms with Gasteiger partial charge in [-0.2, -0.15) is 0 Å². The first-order valence-corrected chi connectivity index (χ1v) is 6.83. The molecule has 98 valence electrons. The van der Waals surface area contributed by atoms with Gasteiger partial charge in [-0.3, -0.25) is 4.90 Å². The lowest BCUT2D eigenvalue weighted by Gasteiger charge is -2.32. The van der Waals surface area contributed by atoms with Crippen LogP contribution >= 0.6 is 23.7 Å². The number of aryl methyl sites for hydroxylation is 2. The molecule has 0 bridgehead atoms. The van der Waals surface area contributed by atoms with E-state index in [1.807, 2.05) is 11.3 Å². The van der Waals surface area contributed by atoms with Gasteiger partial charge in [-0.25, -0.2) is 4.98 Å². The highest BCUT2D eigenvalue weighted by molar-refractivity contribution is 7.11. The number of thiazole rings is 1.